The second kappa shape index (κ2) is 4.94. The van der Waals surface area contributed by atoms with Crippen LogP contribution in [-0.2, 0) is 19.4 Å². The van der Waals surface area contributed by atoms with Gasteiger partial charge in [-0.05, 0) is 18.6 Å². The summed E-state index contributed by atoms with van der Waals surface area (Å²) in [5, 5.41) is 3.40. The van der Waals surface area contributed by atoms with E-state index in [9.17, 15) is 0 Å². The summed E-state index contributed by atoms with van der Waals surface area (Å²) < 4.78 is 2.36. The molecule has 0 saturated heterocycles. The number of para-hydroxylation sites is 1. The Morgan fingerprint density at radius 2 is 2.11 bits per heavy atom. The average Bonchev–Trinajstić information content (AvgIpc) is 2.78. The number of imidazole rings is 1. The van der Waals surface area contributed by atoms with E-state index >= 15 is 0 Å². The van der Waals surface area contributed by atoms with E-state index in [-0.39, 0.29) is 0 Å². The highest BCUT2D eigenvalue weighted by Gasteiger charge is 2.19. The molecule has 18 heavy (non-hydrogen) atoms. The van der Waals surface area contributed by atoms with Crippen LogP contribution >= 0.6 is 0 Å². The molecule has 1 N–H and O–H groups in total. The van der Waals surface area contributed by atoms with Crippen molar-refractivity contribution in [2.24, 2.45) is 0 Å². The molecular weight excluding hydrogens is 222 g/mol. The van der Waals surface area contributed by atoms with Crippen LogP contribution in [0.1, 0.15) is 30.6 Å². The predicted octanol–water partition coefficient (Wildman–Crippen LogP) is 2.47. The van der Waals surface area contributed by atoms with E-state index in [1.54, 1.807) is 0 Å². The Balaban J connectivity index is 2.13. The van der Waals surface area contributed by atoms with E-state index in [0.29, 0.717) is 0 Å². The summed E-state index contributed by atoms with van der Waals surface area (Å²) in [4.78, 5) is 4.82. The second-order valence-electron chi connectivity index (χ2n) is 4.77. The first-order valence-electron chi connectivity index (χ1n) is 6.75. The zero-order valence-electron chi connectivity index (χ0n) is 10.8. The molecule has 1 aromatic carbocycles. The lowest BCUT2D eigenvalue weighted by Gasteiger charge is -2.16. The van der Waals surface area contributed by atoms with Gasteiger partial charge < -0.3 is 9.88 Å². The Hall–Kier alpha value is -1.61. The lowest BCUT2D eigenvalue weighted by Crippen LogP contribution is -2.24. The molecule has 0 bridgehead atoms. The van der Waals surface area contributed by atoms with Crippen LogP contribution in [0.25, 0.3) is 5.69 Å². The van der Waals surface area contributed by atoms with Gasteiger partial charge in [-0.1, -0.05) is 25.1 Å². The van der Waals surface area contributed by atoms with Crippen molar-refractivity contribution in [3.8, 4) is 5.69 Å². The van der Waals surface area contributed by atoms with Gasteiger partial charge in [-0.3, -0.25) is 0 Å². The molecule has 94 valence electrons. The minimum absolute atomic E-state index is 0.909. The number of nitrogens with zero attached hydrogens (tertiary/aromatic N) is 2. The van der Waals surface area contributed by atoms with Gasteiger partial charge in [0.1, 0.15) is 5.82 Å². The van der Waals surface area contributed by atoms with Crippen molar-refractivity contribution >= 4 is 0 Å². The average molecular weight is 241 g/mol. The molecule has 0 atom stereocenters. The summed E-state index contributed by atoms with van der Waals surface area (Å²) in [6.45, 7) is 4.17. The van der Waals surface area contributed by atoms with E-state index in [4.69, 9.17) is 4.98 Å². The Morgan fingerprint density at radius 1 is 1.28 bits per heavy atom. The number of hydrogen-bond donors (Lipinski definition) is 1. The lowest BCUT2D eigenvalue weighted by molar-refractivity contribution is 0.619. The first-order chi connectivity index (χ1) is 8.90. The maximum Gasteiger partial charge on any atom is 0.113 e. The minimum atomic E-state index is 0.909. The van der Waals surface area contributed by atoms with Crippen LogP contribution in [-0.4, -0.2) is 16.1 Å². The van der Waals surface area contributed by atoms with Gasteiger partial charge in [-0.2, -0.15) is 0 Å². The molecule has 0 unspecified atom stereocenters. The summed E-state index contributed by atoms with van der Waals surface area (Å²) in [5.41, 5.74) is 3.87. The van der Waals surface area contributed by atoms with Crippen LogP contribution in [0.4, 0.5) is 0 Å². The standard InChI is InChI=1S/C15H19N3/c1-2-6-15-17-13-11-16-10-9-14(13)18(15)12-7-4-3-5-8-12/h3-5,7-8,16H,2,6,9-11H2,1H3. The molecule has 0 aliphatic carbocycles. The normalized spacial score (nSPS) is 14.5. The molecule has 2 heterocycles. The zero-order valence-corrected chi connectivity index (χ0v) is 10.8. The number of aryl methyl sites for hydroxylation is 1. The summed E-state index contributed by atoms with van der Waals surface area (Å²) in [5.74, 6) is 1.21. The summed E-state index contributed by atoms with van der Waals surface area (Å²) in [6.07, 6.45) is 3.25. The molecule has 3 rings (SSSR count). The van der Waals surface area contributed by atoms with Gasteiger partial charge in [0.05, 0.1) is 5.69 Å². The molecule has 1 aliphatic heterocycles. The number of fused-ring (bicyclic) bond motifs is 1. The SMILES string of the molecule is CCCc1nc2c(n1-c1ccccc1)CCNC2. The second-order valence-corrected chi connectivity index (χ2v) is 4.77. The highest BCUT2D eigenvalue weighted by atomic mass is 15.1. The largest absolute Gasteiger partial charge is 0.311 e. The van der Waals surface area contributed by atoms with Crippen LogP contribution in [0.3, 0.4) is 0 Å². The fourth-order valence-electron chi connectivity index (χ4n) is 2.64. The first kappa shape index (κ1) is 11.5. The zero-order chi connectivity index (χ0) is 12.4. The van der Waals surface area contributed by atoms with Gasteiger partial charge in [-0.15, -0.1) is 0 Å². The Labute approximate surface area is 108 Å². The Bertz CT molecular complexity index is 528. The predicted molar refractivity (Wildman–Crippen MR) is 73.0 cm³/mol. The van der Waals surface area contributed by atoms with Crippen molar-refractivity contribution < 1.29 is 0 Å². The van der Waals surface area contributed by atoms with Gasteiger partial charge in [-0.25, -0.2) is 4.98 Å². The van der Waals surface area contributed by atoms with Gasteiger partial charge in [0.25, 0.3) is 0 Å². The van der Waals surface area contributed by atoms with E-state index in [1.807, 2.05) is 0 Å². The van der Waals surface area contributed by atoms with Crippen molar-refractivity contribution in [2.75, 3.05) is 6.54 Å². The third-order valence-electron chi connectivity index (χ3n) is 3.44. The van der Waals surface area contributed by atoms with Crippen molar-refractivity contribution in [3.05, 3.63) is 47.5 Å². The van der Waals surface area contributed by atoms with Crippen LogP contribution in [0, 0.1) is 0 Å². The fourth-order valence-corrected chi connectivity index (χ4v) is 2.64. The van der Waals surface area contributed by atoms with Gasteiger partial charge in [0, 0.05) is 37.3 Å². The molecule has 2 aromatic rings. The van der Waals surface area contributed by atoms with Crippen molar-refractivity contribution in [2.45, 2.75) is 32.7 Å². The van der Waals surface area contributed by atoms with Gasteiger partial charge >= 0.3 is 0 Å². The molecule has 0 fully saturated rings. The van der Waals surface area contributed by atoms with Crippen LogP contribution in [0.2, 0.25) is 0 Å². The summed E-state index contributed by atoms with van der Waals surface area (Å²) in [7, 11) is 0. The third-order valence-corrected chi connectivity index (χ3v) is 3.44. The van der Waals surface area contributed by atoms with Crippen molar-refractivity contribution in [3.63, 3.8) is 0 Å². The number of nitrogens with one attached hydrogen (secondary N) is 1. The quantitative estimate of drug-likeness (QED) is 0.894. The Kier molecular flexibility index (Phi) is 3.15. The fraction of sp³-hybridized carbons (Fsp3) is 0.400. The van der Waals surface area contributed by atoms with E-state index in [0.717, 1.165) is 32.4 Å². The first-order valence-corrected chi connectivity index (χ1v) is 6.75. The number of benzene rings is 1. The van der Waals surface area contributed by atoms with Gasteiger partial charge in [0.15, 0.2) is 0 Å². The maximum atomic E-state index is 4.82. The number of aromatic nitrogens is 2. The molecule has 1 aromatic heterocycles. The maximum absolute atomic E-state index is 4.82. The minimum Gasteiger partial charge on any atom is -0.311 e. The molecular formula is C15H19N3. The third kappa shape index (κ3) is 1.95. The van der Waals surface area contributed by atoms with E-state index in [1.165, 1.54) is 22.9 Å². The molecule has 0 spiro atoms. The lowest BCUT2D eigenvalue weighted by atomic mass is 10.1. The molecule has 1 aliphatic rings. The van der Waals surface area contributed by atoms with Crippen LogP contribution in [0.5, 0.6) is 0 Å². The molecule has 3 nitrogen and oxygen atoms in total. The van der Waals surface area contributed by atoms with E-state index < -0.39 is 0 Å². The van der Waals surface area contributed by atoms with E-state index in [2.05, 4.69) is 47.1 Å². The van der Waals surface area contributed by atoms with Crippen molar-refractivity contribution in [1.82, 2.24) is 14.9 Å². The number of hydrogen-bond acceptors (Lipinski definition) is 2. The Morgan fingerprint density at radius 3 is 2.89 bits per heavy atom. The van der Waals surface area contributed by atoms with Crippen LogP contribution in [0.15, 0.2) is 30.3 Å². The summed E-state index contributed by atoms with van der Waals surface area (Å²) in [6, 6.07) is 10.6. The smallest absolute Gasteiger partial charge is 0.113 e. The summed E-state index contributed by atoms with van der Waals surface area (Å²) >= 11 is 0. The molecule has 3 heteroatoms. The molecule has 0 saturated carbocycles. The number of rotatable bonds is 3. The van der Waals surface area contributed by atoms with Crippen LogP contribution < -0.4 is 5.32 Å². The van der Waals surface area contributed by atoms with Gasteiger partial charge in [0.2, 0.25) is 0 Å². The topological polar surface area (TPSA) is 29.9 Å². The highest BCUT2D eigenvalue weighted by Crippen LogP contribution is 2.22. The molecule has 0 radical (unpaired) electrons. The monoisotopic (exact) mass is 241 g/mol. The van der Waals surface area contributed by atoms with Crippen molar-refractivity contribution in [1.29, 1.82) is 0 Å². The highest BCUT2D eigenvalue weighted by molar-refractivity contribution is 5.38. The molecule has 0 amide bonds.